The third-order valence-electron chi connectivity index (χ3n) is 2.76. The molecule has 0 aliphatic carbocycles. The molecule has 0 amide bonds. The van der Waals surface area contributed by atoms with Gasteiger partial charge in [0.1, 0.15) is 10.7 Å². The monoisotopic (exact) mass is 387 g/mol. The molecule has 22 heavy (non-hydrogen) atoms. The molecule has 0 bridgehead atoms. The topological polar surface area (TPSA) is 72.5 Å². The number of methoxy groups -OCH3 is 1. The Morgan fingerprint density at radius 3 is 2.55 bits per heavy atom. The van der Waals surface area contributed by atoms with Crippen LogP contribution in [0, 0.1) is 5.82 Å². The molecule has 0 saturated carbocycles. The third-order valence-corrected chi connectivity index (χ3v) is 4.67. The van der Waals surface area contributed by atoms with Crippen LogP contribution in [0.3, 0.4) is 0 Å². The number of rotatable bonds is 4. The predicted molar refractivity (Wildman–Crippen MR) is 82.7 cm³/mol. The number of benzene rings is 2. The van der Waals surface area contributed by atoms with Gasteiger partial charge in [-0.15, -0.1) is 0 Å². The van der Waals surface area contributed by atoms with Crippen LogP contribution in [0.15, 0.2) is 51.8 Å². The van der Waals surface area contributed by atoms with Crippen LogP contribution >= 0.6 is 15.9 Å². The van der Waals surface area contributed by atoms with Crippen LogP contribution in [0.4, 0.5) is 10.1 Å². The molecule has 0 aliphatic rings. The van der Waals surface area contributed by atoms with Crippen molar-refractivity contribution in [2.75, 3.05) is 11.8 Å². The Morgan fingerprint density at radius 2 is 1.91 bits per heavy atom. The zero-order valence-electron chi connectivity index (χ0n) is 11.3. The number of carbonyl (C=O) groups is 1. The molecular formula is C14H11BrFNO4S. The number of anilines is 1. The molecule has 0 fully saturated rings. The van der Waals surface area contributed by atoms with E-state index in [9.17, 15) is 17.6 Å². The third kappa shape index (κ3) is 3.45. The smallest absolute Gasteiger partial charge is 0.339 e. The van der Waals surface area contributed by atoms with Crippen LogP contribution in [0.2, 0.25) is 0 Å². The number of halogens is 2. The van der Waals surface area contributed by atoms with Crippen molar-refractivity contribution in [3.8, 4) is 0 Å². The lowest BCUT2D eigenvalue weighted by Gasteiger charge is -2.11. The predicted octanol–water partition coefficient (Wildman–Crippen LogP) is 3.18. The van der Waals surface area contributed by atoms with Gasteiger partial charge in [-0.2, -0.15) is 0 Å². The first-order valence-electron chi connectivity index (χ1n) is 6.00. The maximum Gasteiger partial charge on any atom is 0.339 e. The summed E-state index contributed by atoms with van der Waals surface area (Å²) in [6.07, 6.45) is 0. The SMILES string of the molecule is COC(=O)c1ccccc1S(=O)(=O)Nc1ccc(Br)cc1F. The lowest BCUT2D eigenvalue weighted by molar-refractivity contribution is 0.0596. The van der Waals surface area contributed by atoms with E-state index >= 15 is 0 Å². The van der Waals surface area contributed by atoms with Gasteiger partial charge in [-0.25, -0.2) is 17.6 Å². The van der Waals surface area contributed by atoms with E-state index in [1.54, 1.807) is 0 Å². The first kappa shape index (κ1) is 16.4. The van der Waals surface area contributed by atoms with E-state index < -0.39 is 21.8 Å². The standard InChI is InChI=1S/C14H11BrFNO4S/c1-21-14(18)10-4-2-3-5-13(10)22(19,20)17-12-7-6-9(15)8-11(12)16/h2-8,17H,1H3. The highest BCUT2D eigenvalue weighted by molar-refractivity contribution is 9.10. The van der Waals surface area contributed by atoms with Gasteiger partial charge in [0.15, 0.2) is 0 Å². The van der Waals surface area contributed by atoms with Crippen molar-refractivity contribution < 1.29 is 22.3 Å². The molecule has 116 valence electrons. The van der Waals surface area contributed by atoms with E-state index in [0.29, 0.717) is 4.47 Å². The molecule has 2 aromatic rings. The fourth-order valence-corrected chi connectivity index (χ4v) is 3.35. The Kier molecular flexibility index (Phi) is 4.82. The van der Waals surface area contributed by atoms with Crippen LogP contribution in [-0.4, -0.2) is 21.5 Å². The highest BCUT2D eigenvalue weighted by Gasteiger charge is 2.23. The van der Waals surface area contributed by atoms with Gasteiger partial charge in [-0.05, 0) is 30.3 Å². The van der Waals surface area contributed by atoms with E-state index in [2.05, 4.69) is 25.4 Å². The van der Waals surface area contributed by atoms with Crippen molar-refractivity contribution in [2.24, 2.45) is 0 Å². The Balaban J connectivity index is 2.45. The molecule has 0 aromatic heterocycles. The van der Waals surface area contributed by atoms with Crippen molar-refractivity contribution in [2.45, 2.75) is 4.90 Å². The molecule has 0 aliphatic heterocycles. The molecule has 0 unspecified atom stereocenters. The van der Waals surface area contributed by atoms with Crippen LogP contribution < -0.4 is 4.72 Å². The van der Waals surface area contributed by atoms with Gasteiger partial charge in [0.25, 0.3) is 10.0 Å². The summed E-state index contributed by atoms with van der Waals surface area (Å²) in [4.78, 5) is 11.4. The zero-order chi connectivity index (χ0) is 16.3. The Bertz CT molecular complexity index is 823. The fraction of sp³-hybridized carbons (Fsp3) is 0.0714. The summed E-state index contributed by atoms with van der Waals surface area (Å²) in [5, 5.41) is 0. The number of nitrogens with one attached hydrogen (secondary N) is 1. The van der Waals surface area contributed by atoms with E-state index in [4.69, 9.17) is 0 Å². The molecule has 0 saturated heterocycles. The van der Waals surface area contributed by atoms with Crippen molar-refractivity contribution in [3.05, 3.63) is 58.3 Å². The lowest BCUT2D eigenvalue weighted by atomic mass is 10.2. The number of ether oxygens (including phenoxy) is 1. The maximum absolute atomic E-state index is 13.8. The van der Waals surface area contributed by atoms with Gasteiger partial charge in [0, 0.05) is 4.47 Å². The van der Waals surface area contributed by atoms with Crippen molar-refractivity contribution >= 4 is 37.6 Å². The van der Waals surface area contributed by atoms with Crippen LogP contribution in [0.25, 0.3) is 0 Å². The quantitative estimate of drug-likeness (QED) is 0.817. The Labute approximate surface area is 135 Å². The summed E-state index contributed by atoms with van der Waals surface area (Å²) in [5.74, 6) is -1.54. The van der Waals surface area contributed by atoms with Crippen molar-refractivity contribution in [3.63, 3.8) is 0 Å². The first-order valence-corrected chi connectivity index (χ1v) is 8.28. The molecular weight excluding hydrogens is 377 g/mol. The highest BCUT2D eigenvalue weighted by atomic mass is 79.9. The summed E-state index contributed by atoms with van der Waals surface area (Å²) in [5.41, 5.74) is -0.349. The van der Waals surface area contributed by atoms with E-state index in [1.165, 1.54) is 36.4 Å². The molecule has 0 atom stereocenters. The van der Waals surface area contributed by atoms with E-state index in [-0.39, 0.29) is 16.1 Å². The average molecular weight is 388 g/mol. The second-order valence-electron chi connectivity index (χ2n) is 4.22. The van der Waals surface area contributed by atoms with Crippen molar-refractivity contribution in [1.82, 2.24) is 0 Å². The summed E-state index contributed by atoms with van der Waals surface area (Å²) >= 11 is 3.08. The summed E-state index contributed by atoms with van der Waals surface area (Å²) in [6, 6.07) is 9.42. The molecule has 0 heterocycles. The van der Waals surface area contributed by atoms with Gasteiger partial charge in [-0.3, -0.25) is 4.72 Å². The van der Waals surface area contributed by atoms with Gasteiger partial charge in [-0.1, -0.05) is 28.1 Å². The second kappa shape index (κ2) is 6.45. The normalized spacial score (nSPS) is 11.0. The first-order chi connectivity index (χ1) is 10.3. The largest absolute Gasteiger partial charge is 0.465 e. The lowest BCUT2D eigenvalue weighted by Crippen LogP contribution is -2.18. The number of hydrogen-bond donors (Lipinski definition) is 1. The highest BCUT2D eigenvalue weighted by Crippen LogP contribution is 2.24. The second-order valence-corrected chi connectivity index (χ2v) is 6.78. The number of sulfonamides is 1. The van der Waals surface area contributed by atoms with Gasteiger partial charge in [0.2, 0.25) is 0 Å². The summed E-state index contributed by atoms with van der Waals surface area (Å²) in [6.45, 7) is 0. The zero-order valence-corrected chi connectivity index (χ0v) is 13.7. The van der Waals surface area contributed by atoms with Crippen molar-refractivity contribution in [1.29, 1.82) is 0 Å². The molecule has 5 nitrogen and oxygen atoms in total. The summed E-state index contributed by atoms with van der Waals surface area (Å²) in [7, 11) is -2.99. The average Bonchev–Trinajstić information content (AvgIpc) is 2.49. The molecule has 8 heteroatoms. The Hall–Kier alpha value is -1.93. The minimum absolute atomic E-state index is 0.130. The minimum Gasteiger partial charge on any atom is -0.465 e. The number of esters is 1. The molecule has 2 rings (SSSR count). The maximum atomic E-state index is 13.8. The van der Waals surface area contributed by atoms with E-state index in [0.717, 1.165) is 13.2 Å². The Morgan fingerprint density at radius 1 is 1.23 bits per heavy atom. The molecule has 2 aromatic carbocycles. The van der Waals surface area contributed by atoms with Gasteiger partial charge < -0.3 is 4.74 Å². The summed E-state index contributed by atoms with van der Waals surface area (Å²) < 4.78 is 45.7. The van der Waals surface area contributed by atoms with Crippen LogP contribution in [-0.2, 0) is 14.8 Å². The van der Waals surface area contributed by atoms with Crippen LogP contribution in [0.5, 0.6) is 0 Å². The van der Waals surface area contributed by atoms with Gasteiger partial charge in [0.05, 0.1) is 18.4 Å². The minimum atomic E-state index is -4.14. The molecule has 0 spiro atoms. The van der Waals surface area contributed by atoms with E-state index in [1.807, 2.05) is 0 Å². The number of hydrogen-bond acceptors (Lipinski definition) is 4. The van der Waals surface area contributed by atoms with Gasteiger partial charge >= 0.3 is 5.97 Å². The van der Waals surface area contributed by atoms with Crippen LogP contribution in [0.1, 0.15) is 10.4 Å². The fourth-order valence-electron chi connectivity index (χ4n) is 1.75. The molecule has 1 N–H and O–H groups in total. The number of carbonyl (C=O) groups excluding carboxylic acids is 1. The molecule has 0 radical (unpaired) electrons.